The van der Waals surface area contributed by atoms with E-state index in [2.05, 4.69) is 0 Å². The van der Waals surface area contributed by atoms with Gasteiger partial charge < -0.3 is 10.4 Å². The first-order valence-electron chi connectivity index (χ1n) is 7.22. The fraction of sp³-hybridized carbons (Fsp3) is 0.176. The number of amides is 1. The first kappa shape index (κ1) is 19.4. The van der Waals surface area contributed by atoms with E-state index >= 15 is 0 Å². The van der Waals surface area contributed by atoms with Crippen LogP contribution in [0.2, 0.25) is 0 Å². The molecule has 0 heterocycles. The van der Waals surface area contributed by atoms with Gasteiger partial charge in [0, 0.05) is 18.1 Å². The molecule has 0 fully saturated rings. The quantitative estimate of drug-likeness (QED) is 0.790. The molecule has 0 unspecified atom stereocenters. The summed E-state index contributed by atoms with van der Waals surface area (Å²) in [6, 6.07) is 4.35. The van der Waals surface area contributed by atoms with E-state index < -0.39 is 53.3 Å². The third-order valence-corrected chi connectivity index (χ3v) is 3.42. The van der Waals surface area contributed by atoms with Gasteiger partial charge in [-0.05, 0) is 23.8 Å². The highest BCUT2D eigenvalue weighted by atomic mass is 19.4. The van der Waals surface area contributed by atoms with E-state index in [0.29, 0.717) is 18.2 Å². The van der Waals surface area contributed by atoms with Crippen molar-refractivity contribution in [3.8, 4) is 0 Å². The van der Waals surface area contributed by atoms with Gasteiger partial charge in [-0.2, -0.15) is 13.2 Å². The largest absolute Gasteiger partial charge is 0.480 e. The summed E-state index contributed by atoms with van der Waals surface area (Å²) in [7, 11) is 0. The minimum atomic E-state index is -4.60. The second-order valence-corrected chi connectivity index (χ2v) is 5.42. The van der Waals surface area contributed by atoms with Gasteiger partial charge in [0.25, 0.3) is 5.91 Å². The van der Waals surface area contributed by atoms with E-state index in [0.717, 1.165) is 18.2 Å². The topological polar surface area (TPSA) is 66.4 Å². The van der Waals surface area contributed by atoms with Crippen molar-refractivity contribution in [1.82, 2.24) is 5.32 Å². The summed E-state index contributed by atoms with van der Waals surface area (Å²) in [6.45, 7) is 0. The molecule has 26 heavy (non-hydrogen) atoms. The van der Waals surface area contributed by atoms with Gasteiger partial charge in [-0.25, -0.2) is 13.6 Å². The Kier molecular flexibility index (Phi) is 5.59. The maximum absolute atomic E-state index is 13.1. The lowest BCUT2D eigenvalue weighted by molar-refractivity contribution is -0.139. The zero-order valence-corrected chi connectivity index (χ0v) is 13.0. The van der Waals surface area contributed by atoms with Crippen molar-refractivity contribution in [2.24, 2.45) is 0 Å². The first-order chi connectivity index (χ1) is 12.1. The number of nitrogens with one attached hydrogen (secondary N) is 1. The predicted octanol–water partition coefficient (Wildman–Crippen LogP) is 3.41. The molecule has 0 aliphatic heterocycles. The van der Waals surface area contributed by atoms with Crippen LogP contribution in [-0.2, 0) is 17.4 Å². The number of carboxylic acids is 1. The summed E-state index contributed by atoms with van der Waals surface area (Å²) in [5.74, 6) is -4.63. The zero-order chi connectivity index (χ0) is 19.5. The second kappa shape index (κ2) is 7.51. The van der Waals surface area contributed by atoms with Gasteiger partial charge in [0.2, 0.25) is 0 Å². The molecule has 0 bridgehead atoms. The molecule has 2 rings (SSSR count). The standard InChI is InChI=1S/C17H12F5NO3/c18-12-6-10(7-13(19)8-12)15(24)23-14(16(25)26)5-9-2-1-3-11(4-9)17(20,21)22/h1-4,6-8,14H,5H2,(H,23,24)(H,25,26)/t14-/m1/s1. The van der Waals surface area contributed by atoms with Crippen molar-refractivity contribution in [1.29, 1.82) is 0 Å². The molecule has 0 radical (unpaired) electrons. The lowest BCUT2D eigenvalue weighted by Gasteiger charge is -2.16. The Labute approximate surface area is 144 Å². The number of carbonyl (C=O) groups excluding carboxylic acids is 1. The Hall–Kier alpha value is -2.97. The van der Waals surface area contributed by atoms with E-state index in [9.17, 15) is 36.6 Å². The number of carboxylic acid groups (broad SMARTS) is 1. The van der Waals surface area contributed by atoms with Gasteiger partial charge in [0.15, 0.2) is 0 Å². The van der Waals surface area contributed by atoms with Crippen molar-refractivity contribution in [2.45, 2.75) is 18.6 Å². The van der Waals surface area contributed by atoms with E-state index in [1.807, 2.05) is 5.32 Å². The SMILES string of the molecule is O=C(N[C@H](Cc1cccc(C(F)(F)F)c1)C(=O)O)c1cc(F)cc(F)c1. The zero-order valence-electron chi connectivity index (χ0n) is 13.0. The molecule has 2 aromatic carbocycles. The van der Waals surface area contributed by atoms with Crippen LogP contribution in [0.4, 0.5) is 22.0 Å². The van der Waals surface area contributed by atoms with Crippen molar-refractivity contribution in [3.05, 3.63) is 70.8 Å². The monoisotopic (exact) mass is 373 g/mol. The van der Waals surface area contributed by atoms with Crippen LogP contribution in [-0.4, -0.2) is 23.0 Å². The molecule has 4 nitrogen and oxygen atoms in total. The lowest BCUT2D eigenvalue weighted by atomic mass is 10.0. The molecule has 0 aliphatic carbocycles. The fourth-order valence-electron chi connectivity index (χ4n) is 2.24. The summed E-state index contributed by atoms with van der Waals surface area (Å²) in [4.78, 5) is 23.3. The molecule has 2 N–H and O–H groups in total. The number of halogens is 5. The van der Waals surface area contributed by atoms with Gasteiger partial charge >= 0.3 is 12.1 Å². The molecule has 138 valence electrons. The molecule has 1 amide bonds. The highest BCUT2D eigenvalue weighted by molar-refractivity contribution is 5.96. The van der Waals surface area contributed by atoms with Crippen LogP contribution in [0, 0.1) is 11.6 Å². The average molecular weight is 373 g/mol. The summed E-state index contributed by atoms with van der Waals surface area (Å²) in [6.07, 6.45) is -5.04. The molecule has 0 saturated carbocycles. The fourth-order valence-corrected chi connectivity index (χ4v) is 2.24. The highest BCUT2D eigenvalue weighted by Gasteiger charge is 2.31. The highest BCUT2D eigenvalue weighted by Crippen LogP contribution is 2.29. The van der Waals surface area contributed by atoms with Crippen LogP contribution in [0.15, 0.2) is 42.5 Å². The summed E-state index contributed by atoms with van der Waals surface area (Å²) < 4.78 is 64.4. The number of carbonyl (C=O) groups is 2. The van der Waals surface area contributed by atoms with E-state index in [4.69, 9.17) is 0 Å². The van der Waals surface area contributed by atoms with Crippen molar-refractivity contribution < 1.29 is 36.6 Å². The van der Waals surface area contributed by atoms with Gasteiger partial charge in [-0.15, -0.1) is 0 Å². The summed E-state index contributed by atoms with van der Waals surface area (Å²) >= 11 is 0. The van der Waals surface area contributed by atoms with E-state index in [-0.39, 0.29) is 5.56 Å². The Morgan fingerprint density at radius 3 is 2.19 bits per heavy atom. The van der Waals surface area contributed by atoms with Gasteiger partial charge in [0.1, 0.15) is 17.7 Å². The average Bonchev–Trinajstić information content (AvgIpc) is 2.52. The Balaban J connectivity index is 2.19. The minimum absolute atomic E-state index is 0.0259. The van der Waals surface area contributed by atoms with Crippen LogP contribution in [0.1, 0.15) is 21.5 Å². The third kappa shape index (κ3) is 5.01. The smallest absolute Gasteiger partial charge is 0.416 e. The lowest BCUT2D eigenvalue weighted by Crippen LogP contribution is -2.42. The van der Waals surface area contributed by atoms with Crippen LogP contribution in [0.25, 0.3) is 0 Å². The van der Waals surface area contributed by atoms with Gasteiger partial charge in [-0.1, -0.05) is 18.2 Å². The number of benzene rings is 2. The summed E-state index contributed by atoms with van der Waals surface area (Å²) in [5, 5.41) is 11.2. The van der Waals surface area contributed by atoms with Crippen LogP contribution in [0.3, 0.4) is 0 Å². The van der Waals surface area contributed by atoms with Crippen molar-refractivity contribution in [3.63, 3.8) is 0 Å². The maximum Gasteiger partial charge on any atom is 0.416 e. The third-order valence-electron chi connectivity index (χ3n) is 3.42. The maximum atomic E-state index is 13.1. The van der Waals surface area contributed by atoms with Crippen LogP contribution >= 0.6 is 0 Å². The normalized spacial score (nSPS) is 12.5. The Morgan fingerprint density at radius 1 is 1.04 bits per heavy atom. The second-order valence-electron chi connectivity index (χ2n) is 5.42. The molecular weight excluding hydrogens is 361 g/mol. The molecule has 9 heteroatoms. The van der Waals surface area contributed by atoms with Crippen LogP contribution in [0.5, 0.6) is 0 Å². The molecule has 0 spiro atoms. The van der Waals surface area contributed by atoms with E-state index in [1.165, 1.54) is 6.07 Å². The predicted molar refractivity (Wildman–Crippen MR) is 80.4 cm³/mol. The van der Waals surface area contributed by atoms with E-state index in [1.54, 1.807) is 0 Å². The minimum Gasteiger partial charge on any atom is -0.480 e. The number of alkyl halides is 3. The molecule has 0 saturated heterocycles. The first-order valence-corrected chi connectivity index (χ1v) is 7.22. The molecule has 2 aromatic rings. The van der Waals surface area contributed by atoms with Crippen LogP contribution < -0.4 is 5.32 Å². The molecule has 0 aromatic heterocycles. The molecule has 1 atom stereocenters. The Morgan fingerprint density at radius 2 is 1.65 bits per heavy atom. The van der Waals surface area contributed by atoms with Crippen molar-refractivity contribution in [2.75, 3.05) is 0 Å². The number of hydrogen-bond acceptors (Lipinski definition) is 2. The molecular formula is C17H12F5NO3. The Bertz CT molecular complexity index is 815. The number of rotatable bonds is 5. The molecule has 0 aliphatic rings. The summed E-state index contributed by atoms with van der Waals surface area (Å²) in [5.41, 5.74) is -1.38. The van der Waals surface area contributed by atoms with Gasteiger partial charge in [0.05, 0.1) is 5.56 Å². The van der Waals surface area contributed by atoms with Gasteiger partial charge in [-0.3, -0.25) is 4.79 Å². The number of aliphatic carboxylic acids is 1. The number of hydrogen-bond donors (Lipinski definition) is 2. The van der Waals surface area contributed by atoms with Crippen molar-refractivity contribution >= 4 is 11.9 Å².